The molecular formula is C11H10N4OS2. The molecule has 0 aliphatic heterocycles. The fourth-order valence-electron chi connectivity index (χ4n) is 1.40. The summed E-state index contributed by atoms with van der Waals surface area (Å²) in [4.78, 5) is 13.8. The maximum Gasteiger partial charge on any atom is 0.279 e. The highest BCUT2D eigenvalue weighted by Crippen LogP contribution is 2.16. The van der Waals surface area contributed by atoms with Crippen LogP contribution in [0.15, 0.2) is 29.6 Å². The molecule has 92 valence electrons. The minimum absolute atomic E-state index is 0.202. The number of amides is 1. The summed E-state index contributed by atoms with van der Waals surface area (Å²) in [6, 6.07) is 7.12. The van der Waals surface area contributed by atoms with Crippen molar-refractivity contribution in [3.8, 4) is 0 Å². The van der Waals surface area contributed by atoms with Crippen molar-refractivity contribution in [1.29, 1.82) is 0 Å². The number of nitrogens with two attached hydrogens (primary N) is 1. The molecule has 0 spiro atoms. The summed E-state index contributed by atoms with van der Waals surface area (Å²) >= 11 is 6.01. The molecule has 5 nitrogen and oxygen atoms in total. The van der Waals surface area contributed by atoms with Gasteiger partial charge in [-0.3, -0.25) is 4.79 Å². The molecule has 0 aliphatic rings. The van der Waals surface area contributed by atoms with Gasteiger partial charge in [-0.1, -0.05) is 16.7 Å². The first kappa shape index (κ1) is 12.6. The van der Waals surface area contributed by atoms with Gasteiger partial charge in [0, 0.05) is 23.7 Å². The van der Waals surface area contributed by atoms with Crippen molar-refractivity contribution >= 4 is 40.3 Å². The van der Waals surface area contributed by atoms with Gasteiger partial charge in [-0.15, -0.1) is 5.10 Å². The number of anilines is 1. The smallest absolute Gasteiger partial charge is 0.279 e. The Kier molecular flexibility index (Phi) is 3.63. The van der Waals surface area contributed by atoms with Gasteiger partial charge in [-0.2, -0.15) is 0 Å². The van der Waals surface area contributed by atoms with Crippen molar-refractivity contribution in [2.75, 3.05) is 11.9 Å². The minimum Gasteiger partial charge on any atom is -0.389 e. The van der Waals surface area contributed by atoms with Crippen LogP contribution in [0.3, 0.4) is 0 Å². The molecule has 18 heavy (non-hydrogen) atoms. The summed E-state index contributed by atoms with van der Waals surface area (Å²) in [5.74, 6) is -0.202. The Hall–Kier alpha value is -1.86. The van der Waals surface area contributed by atoms with Gasteiger partial charge in [0.15, 0.2) is 5.69 Å². The van der Waals surface area contributed by atoms with E-state index in [9.17, 15) is 4.79 Å². The van der Waals surface area contributed by atoms with E-state index in [1.165, 1.54) is 4.90 Å². The summed E-state index contributed by atoms with van der Waals surface area (Å²) in [6.45, 7) is 0. The second kappa shape index (κ2) is 5.19. The van der Waals surface area contributed by atoms with E-state index in [1.807, 2.05) is 0 Å². The van der Waals surface area contributed by atoms with Crippen LogP contribution in [-0.2, 0) is 0 Å². The third kappa shape index (κ3) is 2.52. The quantitative estimate of drug-likeness (QED) is 0.860. The van der Waals surface area contributed by atoms with Gasteiger partial charge in [0.05, 0.1) is 0 Å². The number of hydrogen-bond acceptors (Lipinski definition) is 5. The largest absolute Gasteiger partial charge is 0.389 e. The third-order valence-corrected chi connectivity index (χ3v) is 3.16. The van der Waals surface area contributed by atoms with Crippen molar-refractivity contribution in [2.24, 2.45) is 5.73 Å². The minimum atomic E-state index is -0.202. The summed E-state index contributed by atoms with van der Waals surface area (Å²) in [6.07, 6.45) is 0. The highest BCUT2D eigenvalue weighted by atomic mass is 32.1. The first-order valence-electron chi connectivity index (χ1n) is 5.04. The number of carbonyl (C=O) groups is 1. The molecule has 1 amide bonds. The van der Waals surface area contributed by atoms with E-state index in [2.05, 4.69) is 9.59 Å². The van der Waals surface area contributed by atoms with Gasteiger partial charge < -0.3 is 10.6 Å². The molecule has 0 unspecified atom stereocenters. The molecular weight excluding hydrogens is 268 g/mol. The average molecular weight is 278 g/mol. The van der Waals surface area contributed by atoms with Gasteiger partial charge in [0.2, 0.25) is 0 Å². The van der Waals surface area contributed by atoms with E-state index in [0.29, 0.717) is 10.7 Å². The molecule has 0 bridgehead atoms. The van der Waals surface area contributed by atoms with E-state index in [4.69, 9.17) is 18.0 Å². The Balaban J connectivity index is 2.21. The molecule has 0 saturated carbocycles. The molecule has 2 aromatic rings. The topological polar surface area (TPSA) is 72.1 Å². The standard InChI is InChI=1S/C11H10N4OS2/c1-15(11(16)9-6-18-14-13-9)8-4-2-7(3-5-8)10(12)17/h2-6H,1H3,(H2,12,17). The monoisotopic (exact) mass is 278 g/mol. The first-order chi connectivity index (χ1) is 8.59. The zero-order valence-corrected chi connectivity index (χ0v) is 11.2. The van der Waals surface area contributed by atoms with Crippen LogP contribution in [0.5, 0.6) is 0 Å². The lowest BCUT2D eigenvalue weighted by Gasteiger charge is -2.16. The number of nitrogens with zero attached hydrogens (tertiary/aromatic N) is 3. The Morgan fingerprint density at radius 2 is 2.06 bits per heavy atom. The molecule has 0 saturated heterocycles. The molecule has 1 aromatic heterocycles. The fraction of sp³-hybridized carbons (Fsp3) is 0.0909. The molecule has 0 fully saturated rings. The van der Waals surface area contributed by atoms with Crippen molar-refractivity contribution in [2.45, 2.75) is 0 Å². The van der Waals surface area contributed by atoms with Crippen LogP contribution in [0.1, 0.15) is 16.1 Å². The molecule has 2 N–H and O–H groups in total. The van der Waals surface area contributed by atoms with Gasteiger partial charge >= 0.3 is 0 Å². The third-order valence-electron chi connectivity index (χ3n) is 2.42. The first-order valence-corrected chi connectivity index (χ1v) is 6.29. The van der Waals surface area contributed by atoms with E-state index >= 15 is 0 Å². The van der Waals surface area contributed by atoms with Crippen LogP contribution in [0, 0.1) is 0 Å². The van der Waals surface area contributed by atoms with Crippen molar-refractivity contribution < 1.29 is 4.79 Å². The maximum atomic E-state index is 12.0. The predicted octanol–water partition coefficient (Wildman–Crippen LogP) is 1.45. The summed E-state index contributed by atoms with van der Waals surface area (Å²) in [5.41, 5.74) is 7.36. The second-order valence-corrected chi connectivity index (χ2v) is 4.62. The van der Waals surface area contributed by atoms with Crippen molar-refractivity contribution in [3.05, 3.63) is 40.9 Å². The van der Waals surface area contributed by atoms with Crippen LogP contribution in [0.4, 0.5) is 5.69 Å². The van der Waals surface area contributed by atoms with E-state index in [-0.39, 0.29) is 5.91 Å². The van der Waals surface area contributed by atoms with Crippen LogP contribution in [0.25, 0.3) is 0 Å². The molecule has 1 heterocycles. The summed E-state index contributed by atoms with van der Waals surface area (Å²) in [5, 5.41) is 5.36. The highest BCUT2D eigenvalue weighted by molar-refractivity contribution is 7.80. The molecule has 0 radical (unpaired) electrons. The van der Waals surface area contributed by atoms with Gasteiger partial charge in [-0.25, -0.2) is 0 Å². The number of thiocarbonyl (C=S) groups is 1. The Morgan fingerprint density at radius 1 is 1.39 bits per heavy atom. The number of rotatable bonds is 3. The van der Waals surface area contributed by atoms with Crippen LogP contribution in [-0.4, -0.2) is 27.5 Å². The predicted molar refractivity (Wildman–Crippen MR) is 75.0 cm³/mol. The highest BCUT2D eigenvalue weighted by Gasteiger charge is 2.15. The van der Waals surface area contributed by atoms with E-state index in [0.717, 1.165) is 22.8 Å². The zero-order chi connectivity index (χ0) is 13.1. The molecule has 7 heteroatoms. The Labute approximate surface area is 113 Å². The molecule has 1 aromatic carbocycles. The number of aromatic nitrogens is 2. The number of benzene rings is 1. The SMILES string of the molecule is CN(C(=O)c1csnn1)c1ccc(C(N)=S)cc1. The van der Waals surface area contributed by atoms with E-state index < -0.39 is 0 Å². The lowest BCUT2D eigenvalue weighted by atomic mass is 10.2. The lowest BCUT2D eigenvalue weighted by molar-refractivity contribution is 0.0988. The summed E-state index contributed by atoms with van der Waals surface area (Å²) < 4.78 is 3.67. The lowest BCUT2D eigenvalue weighted by Crippen LogP contribution is -2.26. The van der Waals surface area contributed by atoms with Crippen molar-refractivity contribution in [3.63, 3.8) is 0 Å². The van der Waals surface area contributed by atoms with Crippen LogP contribution >= 0.6 is 23.8 Å². The number of carbonyl (C=O) groups excluding carboxylic acids is 1. The molecule has 0 atom stereocenters. The van der Waals surface area contributed by atoms with Crippen LogP contribution < -0.4 is 10.6 Å². The number of hydrogen-bond donors (Lipinski definition) is 1. The average Bonchev–Trinajstić information content (AvgIpc) is 2.91. The van der Waals surface area contributed by atoms with Gasteiger partial charge in [-0.05, 0) is 35.8 Å². The fourth-order valence-corrected chi connectivity index (χ4v) is 1.96. The zero-order valence-electron chi connectivity index (χ0n) is 9.53. The maximum absolute atomic E-state index is 12.0. The molecule has 0 aliphatic carbocycles. The molecule has 2 rings (SSSR count). The second-order valence-electron chi connectivity index (χ2n) is 3.57. The Morgan fingerprint density at radius 3 is 2.56 bits per heavy atom. The Bertz CT molecular complexity index is 565. The van der Waals surface area contributed by atoms with Gasteiger partial charge in [0.1, 0.15) is 4.99 Å². The summed E-state index contributed by atoms with van der Waals surface area (Å²) in [7, 11) is 1.68. The van der Waals surface area contributed by atoms with Gasteiger partial charge in [0.25, 0.3) is 5.91 Å². The van der Waals surface area contributed by atoms with Crippen LogP contribution in [0.2, 0.25) is 0 Å². The normalized spacial score (nSPS) is 10.1. The van der Waals surface area contributed by atoms with Crippen molar-refractivity contribution in [1.82, 2.24) is 9.59 Å². The van der Waals surface area contributed by atoms with E-state index in [1.54, 1.807) is 36.7 Å².